The van der Waals surface area contributed by atoms with E-state index in [0.29, 0.717) is 18.8 Å². The molecule has 1 aliphatic heterocycles. The summed E-state index contributed by atoms with van der Waals surface area (Å²) in [7, 11) is 1.96. The Morgan fingerprint density at radius 3 is 3.10 bits per heavy atom. The van der Waals surface area contributed by atoms with E-state index < -0.39 is 0 Å². The first-order valence-electron chi connectivity index (χ1n) is 9.79. The summed E-state index contributed by atoms with van der Waals surface area (Å²) in [6.07, 6.45) is 4.79. The van der Waals surface area contributed by atoms with Crippen LogP contribution in [0, 0.1) is 0 Å². The molecular formula is C20H22N8O. The second kappa shape index (κ2) is 6.84. The number of rotatable bonds is 4. The first kappa shape index (κ1) is 17.6. The average molecular weight is 390 g/mol. The predicted molar refractivity (Wildman–Crippen MR) is 110 cm³/mol. The maximum Gasteiger partial charge on any atom is 0.222 e. The van der Waals surface area contributed by atoms with Crippen LogP contribution in [-0.2, 0) is 11.8 Å². The third-order valence-electron chi connectivity index (χ3n) is 5.54. The number of nitrogens with one attached hydrogen (secondary N) is 2. The molecule has 2 N–H and O–H groups in total. The van der Waals surface area contributed by atoms with Gasteiger partial charge in [0.1, 0.15) is 12.2 Å². The van der Waals surface area contributed by atoms with Crippen LogP contribution in [0.25, 0.3) is 33.5 Å². The molecule has 0 saturated carbocycles. The molecule has 0 aliphatic carbocycles. The lowest BCUT2D eigenvalue weighted by atomic mass is 10.1. The van der Waals surface area contributed by atoms with E-state index in [-0.39, 0.29) is 11.9 Å². The van der Waals surface area contributed by atoms with Crippen molar-refractivity contribution in [1.29, 1.82) is 0 Å². The van der Waals surface area contributed by atoms with Crippen LogP contribution in [-0.4, -0.2) is 59.7 Å². The highest BCUT2D eigenvalue weighted by Gasteiger charge is 2.26. The highest BCUT2D eigenvalue weighted by molar-refractivity contribution is 5.88. The second-order valence-electron chi connectivity index (χ2n) is 7.38. The number of nitrogens with zero attached hydrogens (tertiary/aromatic N) is 6. The topological polar surface area (TPSA) is 105 Å². The Bertz CT molecular complexity index is 1210. The van der Waals surface area contributed by atoms with Gasteiger partial charge in [0.25, 0.3) is 0 Å². The molecule has 4 aromatic rings. The Morgan fingerprint density at radius 2 is 2.24 bits per heavy atom. The van der Waals surface area contributed by atoms with Crippen LogP contribution in [0.3, 0.4) is 0 Å². The summed E-state index contributed by atoms with van der Waals surface area (Å²) in [6.45, 7) is 3.36. The summed E-state index contributed by atoms with van der Waals surface area (Å²) in [5.41, 5.74) is 3.48. The smallest absolute Gasteiger partial charge is 0.222 e. The maximum atomic E-state index is 12.0. The summed E-state index contributed by atoms with van der Waals surface area (Å²) < 4.78 is 1.98. The first-order chi connectivity index (χ1) is 14.1. The Hall–Kier alpha value is -3.49. The quantitative estimate of drug-likeness (QED) is 0.554. The van der Waals surface area contributed by atoms with Crippen molar-refractivity contribution in [3.8, 4) is 11.4 Å². The number of carbonyl (C=O) groups is 1. The molecule has 0 radical (unpaired) electrons. The van der Waals surface area contributed by atoms with E-state index >= 15 is 0 Å². The largest absolute Gasteiger partial charge is 0.364 e. The van der Waals surface area contributed by atoms with Gasteiger partial charge in [0.05, 0.1) is 11.7 Å². The van der Waals surface area contributed by atoms with Crippen molar-refractivity contribution in [1.82, 2.24) is 34.6 Å². The fraction of sp³-hybridized carbons (Fsp3) is 0.350. The molecule has 3 aromatic heterocycles. The van der Waals surface area contributed by atoms with Crippen molar-refractivity contribution in [2.24, 2.45) is 7.05 Å². The molecule has 1 aliphatic rings. The van der Waals surface area contributed by atoms with E-state index in [9.17, 15) is 4.79 Å². The summed E-state index contributed by atoms with van der Waals surface area (Å²) in [6, 6.07) is 6.25. The van der Waals surface area contributed by atoms with Crippen molar-refractivity contribution < 1.29 is 4.79 Å². The zero-order valence-electron chi connectivity index (χ0n) is 16.4. The molecule has 148 valence electrons. The average Bonchev–Trinajstić information content (AvgIpc) is 3.46. The molecule has 1 fully saturated rings. The molecule has 0 unspecified atom stereocenters. The molecule has 1 saturated heterocycles. The zero-order chi connectivity index (χ0) is 20.0. The monoisotopic (exact) mass is 390 g/mol. The number of benzene rings is 1. The van der Waals surface area contributed by atoms with E-state index in [1.54, 1.807) is 12.5 Å². The highest BCUT2D eigenvalue weighted by Crippen LogP contribution is 2.28. The number of amides is 1. The maximum absolute atomic E-state index is 12.0. The van der Waals surface area contributed by atoms with Gasteiger partial charge < -0.3 is 14.8 Å². The third-order valence-corrected chi connectivity index (χ3v) is 5.54. The van der Waals surface area contributed by atoms with Crippen molar-refractivity contribution >= 4 is 33.8 Å². The number of carbonyl (C=O) groups excluding carboxylic acids is 1. The minimum atomic E-state index is 0.163. The Kier molecular flexibility index (Phi) is 4.15. The van der Waals surface area contributed by atoms with Gasteiger partial charge in [-0.25, -0.2) is 15.0 Å². The standard InChI is InChI=1S/C20H22N8O/c1-3-16(29)28-7-6-14(10-28)24-18-17-20(22-11-21-18)27(2)19(25-17)12-4-5-15-13(8-12)9-23-26-15/h4-5,8-9,11,14H,3,6-7,10H2,1-2H3,(H,23,26)(H,21,22,24)/t14-/m0/s1. The van der Waals surface area contributed by atoms with E-state index in [2.05, 4.69) is 31.5 Å². The minimum Gasteiger partial charge on any atom is -0.364 e. The van der Waals surface area contributed by atoms with Gasteiger partial charge in [0.15, 0.2) is 17.0 Å². The lowest BCUT2D eigenvalue weighted by Gasteiger charge is -2.16. The first-order valence-corrected chi connectivity index (χ1v) is 9.79. The minimum absolute atomic E-state index is 0.163. The van der Waals surface area contributed by atoms with Gasteiger partial charge in [0, 0.05) is 43.5 Å². The van der Waals surface area contributed by atoms with Crippen LogP contribution in [0.15, 0.2) is 30.7 Å². The van der Waals surface area contributed by atoms with Gasteiger partial charge in [-0.15, -0.1) is 0 Å². The van der Waals surface area contributed by atoms with Crippen LogP contribution in [0.4, 0.5) is 5.82 Å². The number of aryl methyl sites for hydroxylation is 1. The fourth-order valence-corrected chi connectivity index (χ4v) is 3.97. The molecule has 1 amide bonds. The van der Waals surface area contributed by atoms with Gasteiger partial charge in [-0.1, -0.05) is 6.92 Å². The summed E-state index contributed by atoms with van der Waals surface area (Å²) in [4.78, 5) is 27.6. The number of H-pyrrole nitrogens is 1. The number of likely N-dealkylation sites (tertiary alicyclic amines) is 1. The third kappa shape index (κ3) is 2.98. The van der Waals surface area contributed by atoms with Crippen LogP contribution in [0.1, 0.15) is 19.8 Å². The number of hydrogen-bond acceptors (Lipinski definition) is 6. The van der Waals surface area contributed by atoms with Crippen molar-refractivity contribution in [3.05, 3.63) is 30.7 Å². The normalized spacial score (nSPS) is 16.8. The number of aromatic nitrogens is 6. The van der Waals surface area contributed by atoms with E-state index in [0.717, 1.165) is 46.4 Å². The Morgan fingerprint density at radius 1 is 1.34 bits per heavy atom. The lowest BCUT2D eigenvalue weighted by Crippen LogP contribution is -2.31. The SMILES string of the molecule is CCC(=O)N1CC[C@H](Nc2ncnc3c2nc(-c2ccc4[nH]ncc4c2)n3C)C1. The summed E-state index contributed by atoms with van der Waals surface area (Å²) in [5.74, 6) is 1.72. The molecule has 0 spiro atoms. The van der Waals surface area contributed by atoms with E-state index in [1.165, 1.54) is 0 Å². The lowest BCUT2D eigenvalue weighted by molar-refractivity contribution is -0.129. The Balaban J connectivity index is 1.48. The molecular weight excluding hydrogens is 368 g/mol. The van der Waals surface area contributed by atoms with Crippen molar-refractivity contribution in [3.63, 3.8) is 0 Å². The van der Waals surface area contributed by atoms with Crippen LogP contribution in [0.2, 0.25) is 0 Å². The van der Waals surface area contributed by atoms with Crippen LogP contribution >= 0.6 is 0 Å². The van der Waals surface area contributed by atoms with Crippen LogP contribution < -0.4 is 5.32 Å². The Labute approximate surface area is 167 Å². The van der Waals surface area contributed by atoms with E-state index in [1.807, 2.05) is 35.6 Å². The second-order valence-corrected chi connectivity index (χ2v) is 7.38. The molecule has 1 aromatic carbocycles. The number of hydrogen-bond donors (Lipinski definition) is 2. The van der Waals surface area contributed by atoms with Crippen molar-refractivity contribution in [2.75, 3.05) is 18.4 Å². The number of anilines is 1. The van der Waals surface area contributed by atoms with Gasteiger partial charge in [-0.3, -0.25) is 9.89 Å². The fourth-order valence-electron chi connectivity index (χ4n) is 3.97. The summed E-state index contributed by atoms with van der Waals surface area (Å²) in [5, 5.41) is 11.6. The van der Waals surface area contributed by atoms with Gasteiger partial charge in [0.2, 0.25) is 5.91 Å². The molecule has 4 heterocycles. The van der Waals surface area contributed by atoms with Gasteiger partial charge >= 0.3 is 0 Å². The molecule has 5 rings (SSSR count). The highest BCUT2D eigenvalue weighted by atomic mass is 16.2. The van der Waals surface area contributed by atoms with Gasteiger partial charge in [-0.2, -0.15) is 5.10 Å². The predicted octanol–water partition coefficient (Wildman–Crippen LogP) is 2.33. The molecule has 9 nitrogen and oxygen atoms in total. The van der Waals surface area contributed by atoms with Crippen LogP contribution in [0.5, 0.6) is 0 Å². The molecule has 9 heteroatoms. The molecule has 29 heavy (non-hydrogen) atoms. The number of aromatic amines is 1. The number of fused-ring (bicyclic) bond motifs is 2. The zero-order valence-corrected chi connectivity index (χ0v) is 16.4. The van der Waals surface area contributed by atoms with Crippen molar-refractivity contribution in [2.45, 2.75) is 25.8 Å². The van der Waals surface area contributed by atoms with Gasteiger partial charge in [-0.05, 0) is 24.6 Å². The number of imidazole rings is 1. The molecule has 1 atom stereocenters. The van der Waals surface area contributed by atoms with E-state index in [4.69, 9.17) is 4.98 Å². The summed E-state index contributed by atoms with van der Waals surface area (Å²) >= 11 is 0. The molecule has 0 bridgehead atoms.